The number of hydrogen-bond acceptors (Lipinski definition) is 4. The molecule has 126 valence electrons. The lowest BCUT2D eigenvalue weighted by Crippen LogP contribution is -2.54. The summed E-state index contributed by atoms with van der Waals surface area (Å²) in [5.41, 5.74) is 0.156. The molecule has 0 aliphatic carbocycles. The van der Waals surface area contributed by atoms with Gasteiger partial charge in [0.1, 0.15) is 5.54 Å². The molecule has 2 N–H and O–H groups in total. The molecular formula is C17H23NO4S. The Hall–Kier alpha value is -1.53. The number of carboxylic acids is 1. The van der Waals surface area contributed by atoms with Crippen molar-refractivity contribution in [3.8, 4) is 0 Å². The van der Waals surface area contributed by atoms with Crippen molar-refractivity contribution in [2.24, 2.45) is 0 Å². The summed E-state index contributed by atoms with van der Waals surface area (Å²) in [7, 11) is 0. The van der Waals surface area contributed by atoms with E-state index in [4.69, 9.17) is 4.74 Å². The highest BCUT2D eigenvalue weighted by Gasteiger charge is 2.42. The van der Waals surface area contributed by atoms with Gasteiger partial charge in [-0.15, -0.1) is 0 Å². The van der Waals surface area contributed by atoms with Crippen LogP contribution in [0.1, 0.15) is 24.8 Å². The van der Waals surface area contributed by atoms with E-state index in [1.807, 2.05) is 18.2 Å². The van der Waals surface area contributed by atoms with E-state index in [-0.39, 0.29) is 5.91 Å². The first-order valence-electron chi connectivity index (χ1n) is 7.86. The molecule has 1 aliphatic rings. The van der Waals surface area contributed by atoms with E-state index >= 15 is 0 Å². The molecule has 5 nitrogen and oxygen atoms in total. The first-order valence-corrected chi connectivity index (χ1v) is 9.02. The highest BCUT2D eigenvalue weighted by Crippen LogP contribution is 2.28. The predicted molar refractivity (Wildman–Crippen MR) is 90.7 cm³/mol. The summed E-state index contributed by atoms with van der Waals surface area (Å²) in [5, 5.41) is 12.0. The smallest absolute Gasteiger partial charge is 0.330 e. The van der Waals surface area contributed by atoms with Gasteiger partial charge in [0.15, 0.2) is 0 Å². The zero-order valence-corrected chi connectivity index (χ0v) is 13.9. The highest BCUT2D eigenvalue weighted by atomic mass is 32.2. The number of carboxylic acid groups (broad SMARTS) is 1. The third kappa shape index (κ3) is 5.55. The van der Waals surface area contributed by atoms with Crippen molar-refractivity contribution in [3.05, 3.63) is 35.9 Å². The Kier molecular flexibility index (Phi) is 6.92. The fourth-order valence-corrected chi connectivity index (χ4v) is 3.81. The van der Waals surface area contributed by atoms with E-state index in [0.717, 1.165) is 12.2 Å². The molecule has 1 heterocycles. The maximum absolute atomic E-state index is 11.9. The van der Waals surface area contributed by atoms with Crippen LogP contribution in [0.5, 0.6) is 0 Å². The van der Waals surface area contributed by atoms with Gasteiger partial charge in [-0.25, -0.2) is 4.79 Å². The molecule has 1 aromatic carbocycles. The summed E-state index contributed by atoms with van der Waals surface area (Å²) < 4.78 is 5.53. The van der Waals surface area contributed by atoms with Gasteiger partial charge in [0.2, 0.25) is 5.91 Å². The zero-order chi connectivity index (χ0) is 16.5. The van der Waals surface area contributed by atoms with E-state index in [1.54, 1.807) is 11.8 Å². The Labute approximate surface area is 140 Å². The van der Waals surface area contributed by atoms with Crippen molar-refractivity contribution < 1.29 is 19.4 Å². The van der Waals surface area contributed by atoms with Gasteiger partial charge in [-0.3, -0.25) is 4.79 Å². The van der Waals surface area contributed by atoms with Crippen molar-refractivity contribution in [1.82, 2.24) is 5.32 Å². The van der Waals surface area contributed by atoms with Crippen LogP contribution in [0.4, 0.5) is 0 Å². The van der Waals surface area contributed by atoms with Gasteiger partial charge in [-0.1, -0.05) is 30.3 Å². The Balaban J connectivity index is 1.59. The number of benzene rings is 1. The summed E-state index contributed by atoms with van der Waals surface area (Å²) in [5.74, 6) is 0.0770. The number of hydrogen-bond donors (Lipinski definition) is 2. The molecule has 23 heavy (non-hydrogen) atoms. The third-order valence-electron chi connectivity index (χ3n) is 3.88. The fraction of sp³-hybridized carbons (Fsp3) is 0.529. The summed E-state index contributed by atoms with van der Waals surface area (Å²) in [6.07, 6.45) is 2.24. The second kappa shape index (κ2) is 8.93. The van der Waals surface area contributed by atoms with Gasteiger partial charge < -0.3 is 15.2 Å². The standard InChI is InChI=1S/C17H23NO4S/c19-15(18-17(16(20)21)9-12-23-13-17)7-4-10-22-11-8-14-5-2-1-3-6-14/h1-3,5-6H,4,7-13H2,(H,18,19)(H,20,21). The molecule has 1 aliphatic heterocycles. The van der Waals surface area contributed by atoms with Crippen LogP contribution in [0, 0.1) is 0 Å². The van der Waals surface area contributed by atoms with E-state index in [0.29, 0.717) is 38.2 Å². The molecule has 1 fully saturated rings. The molecule has 1 aromatic rings. The van der Waals surface area contributed by atoms with Gasteiger partial charge in [-0.2, -0.15) is 11.8 Å². The minimum Gasteiger partial charge on any atom is -0.479 e. The Bertz CT molecular complexity index is 515. The number of thioether (sulfide) groups is 1. The first kappa shape index (κ1) is 17.8. The number of amides is 1. The van der Waals surface area contributed by atoms with Crippen LogP contribution in [0.3, 0.4) is 0 Å². The molecule has 1 atom stereocenters. The molecule has 2 rings (SSSR count). The zero-order valence-electron chi connectivity index (χ0n) is 13.1. The maximum atomic E-state index is 11.9. The number of carbonyl (C=O) groups excluding carboxylic acids is 1. The van der Waals surface area contributed by atoms with E-state index in [2.05, 4.69) is 17.4 Å². The third-order valence-corrected chi connectivity index (χ3v) is 5.07. The van der Waals surface area contributed by atoms with Gasteiger partial charge in [0.25, 0.3) is 0 Å². The normalized spacial score (nSPS) is 20.3. The van der Waals surface area contributed by atoms with Gasteiger partial charge >= 0.3 is 5.97 Å². The Morgan fingerprint density at radius 3 is 2.70 bits per heavy atom. The summed E-state index contributed by atoms with van der Waals surface area (Å²) in [4.78, 5) is 23.3. The molecule has 0 spiro atoms. The highest BCUT2D eigenvalue weighted by molar-refractivity contribution is 7.99. The lowest BCUT2D eigenvalue weighted by molar-refractivity contribution is -0.146. The number of ether oxygens (including phenoxy) is 1. The Morgan fingerprint density at radius 2 is 2.04 bits per heavy atom. The number of carbonyl (C=O) groups is 2. The van der Waals surface area contributed by atoms with E-state index < -0.39 is 11.5 Å². The average molecular weight is 337 g/mol. The molecule has 0 bridgehead atoms. The molecule has 6 heteroatoms. The topological polar surface area (TPSA) is 75.6 Å². The predicted octanol–water partition coefficient (Wildman–Crippen LogP) is 2.10. The number of nitrogens with one attached hydrogen (secondary N) is 1. The second-order valence-corrected chi connectivity index (χ2v) is 6.79. The molecule has 1 unspecified atom stereocenters. The van der Waals surface area contributed by atoms with Crippen molar-refractivity contribution in [2.75, 3.05) is 24.7 Å². The Morgan fingerprint density at radius 1 is 1.26 bits per heavy atom. The summed E-state index contributed by atoms with van der Waals surface area (Å²) in [6.45, 7) is 1.14. The fourth-order valence-electron chi connectivity index (χ4n) is 2.49. The van der Waals surface area contributed by atoms with Gasteiger partial charge in [-0.05, 0) is 30.6 Å². The van der Waals surface area contributed by atoms with Crippen molar-refractivity contribution in [3.63, 3.8) is 0 Å². The number of aliphatic carboxylic acids is 1. The van der Waals surface area contributed by atoms with E-state index in [9.17, 15) is 14.7 Å². The molecular weight excluding hydrogens is 314 g/mol. The number of rotatable bonds is 9. The van der Waals surface area contributed by atoms with Crippen molar-refractivity contribution >= 4 is 23.6 Å². The minimum atomic E-state index is -1.07. The summed E-state index contributed by atoms with van der Waals surface area (Å²) in [6, 6.07) is 10.1. The molecule has 0 aromatic heterocycles. The summed E-state index contributed by atoms with van der Waals surface area (Å²) >= 11 is 1.56. The van der Waals surface area contributed by atoms with Crippen LogP contribution in [0.25, 0.3) is 0 Å². The molecule has 0 radical (unpaired) electrons. The van der Waals surface area contributed by atoms with Crippen LogP contribution in [-0.2, 0) is 20.7 Å². The van der Waals surface area contributed by atoms with Gasteiger partial charge in [0, 0.05) is 18.8 Å². The molecule has 1 amide bonds. The van der Waals surface area contributed by atoms with Crippen LogP contribution in [-0.4, -0.2) is 47.2 Å². The second-order valence-electron chi connectivity index (χ2n) is 5.69. The lowest BCUT2D eigenvalue weighted by Gasteiger charge is -2.24. The largest absolute Gasteiger partial charge is 0.479 e. The SMILES string of the molecule is O=C(CCCOCCc1ccccc1)NC1(C(=O)O)CCSC1. The van der Waals surface area contributed by atoms with Gasteiger partial charge in [0.05, 0.1) is 6.61 Å². The van der Waals surface area contributed by atoms with E-state index in [1.165, 1.54) is 5.56 Å². The molecule has 1 saturated heterocycles. The first-order chi connectivity index (χ1) is 11.1. The van der Waals surface area contributed by atoms with Crippen LogP contribution in [0.15, 0.2) is 30.3 Å². The quantitative estimate of drug-likeness (QED) is 0.675. The van der Waals surface area contributed by atoms with Crippen LogP contribution >= 0.6 is 11.8 Å². The van der Waals surface area contributed by atoms with Crippen LogP contribution < -0.4 is 5.32 Å². The monoisotopic (exact) mass is 337 g/mol. The lowest BCUT2D eigenvalue weighted by atomic mass is 9.99. The van der Waals surface area contributed by atoms with Crippen molar-refractivity contribution in [1.29, 1.82) is 0 Å². The van der Waals surface area contributed by atoms with Crippen molar-refractivity contribution in [2.45, 2.75) is 31.2 Å². The minimum absolute atomic E-state index is 0.207. The maximum Gasteiger partial charge on any atom is 0.330 e. The average Bonchev–Trinajstić information content (AvgIpc) is 3.01. The van der Waals surface area contributed by atoms with Crippen LogP contribution in [0.2, 0.25) is 0 Å². The molecule has 0 saturated carbocycles.